The normalized spacial score (nSPS) is 10.7. The van der Waals surface area contributed by atoms with E-state index >= 15 is 0 Å². The zero-order chi connectivity index (χ0) is 7.84. The van der Waals surface area contributed by atoms with E-state index in [4.69, 9.17) is 0 Å². The summed E-state index contributed by atoms with van der Waals surface area (Å²) in [6, 6.07) is 1.93. The smallest absolute Gasteiger partial charge is 0.171 e. The van der Waals surface area contributed by atoms with Crippen molar-refractivity contribution in [2.24, 2.45) is 0 Å². The van der Waals surface area contributed by atoms with E-state index in [0.29, 0.717) is 0 Å². The lowest BCUT2D eigenvalue weighted by atomic mass is 10.5. The van der Waals surface area contributed by atoms with Crippen molar-refractivity contribution in [3.63, 3.8) is 0 Å². The first-order chi connectivity index (χ1) is 5.27. The van der Waals surface area contributed by atoms with Gasteiger partial charge in [0, 0.05) is 10.7 Å². The van der Waals surface area contributed by atoms with E-state index in [1.54, 1.807) is 17.5 Å². The molecule has 0 aliphatic heterocycles. The van der Waals surface area contributed by atoms with Crippen molar-refractivity contribution >= 4 is 37.6 Å². The second-order valence-corrected chi connectivity index (χ2v) is 4.24. The third-order valence-electron chi connectivity index (χ3n) is 1.35. The van der Waals surface area contributed by atoms with Gasteiger partial charge in [0.05, 0.1) is 9.71 Å². The van der Waals surface area contributed by atoms with E-state index in [0.717, 1.165) is 19.8 Å². The van der Waals surface area contributed by atoms with Gasteiger partial charge in [0.15, 0.2) is 5.65 Å². The highest BCUT2D eigenvalue weighted by Gasteiger charge is 2.03. The van der Waals surface area contributed by atoms with Gasteiger partial charge >= 0.3 is 0 Å². The highest BCUT2D eigenvalue weighted by molar-refractivity contribution is 9.10. The maximum absolute atomic E-state index is 4.25. The van der Waals surface area contributed by atoms with Crippen LogP contribution < -0.4 is 0 Å². The van der Waals surface area contributed by atoms with Crippen LogP contribution in [0.2, 0.25) is 0 Å². The lowest BCUT2D eigenvalue weighted by Gasteiger charge is -1.87. The summed E-state index contributed by atoms with van der Waals surface area (Å²) in [5, 5.41) is 1.06. The summed E-state index contributed by atoms with van der Waals surface area (Å²) < 4.78 is 2.21. The number of rotatable bonds is 0. The molecule has 0 N–H and O–H groups in total. The van der Waals surface area contributed by atoms with Crippen LogP contribution in [0, 0.1) is 6.92 Å². The number of aromatic nitrogens is 2. The highest BCUT2D eigenvalue weighted by Crippen LogP contribution is 2.26. The molecule has 2 nitrogen and oxygen atoms in total. The molecule has 0 saturated carbocycles. The quantitative estimate of drug-likeness (QED) is 0.694. The Morgan fingerprint density at radius 3 is 3.09 bits per heavy atom. The first-order valence-electron chi connectivity index (χ1n) is 3.15. The van der Waals surface area contributed by atoms with Crippen LogP contribution in [0.1, 0.15) is 5.01 Å². The van der Waals surface area contributed by atoms with Crippen molar-refractivity contribution in [1.82, 2.24) is 9.97 Å². The molecule has 0 bridgehead atoms. The van der Waals surface area contributed by atoms with Gasteiger partial charge in [-0.15, -0.1) is 11.3 Å². The second kappa shape index (κ2) is 2.53. The lowest BCUT2D eigenvalue weighted by molar-refractivity contribution is 1.27. The summed E-state index contributed by atoms with van der Waals surface area (Å²) >= 11 is 5.10. The first-order valence-corrected chi connectivity index (χ1v) is 4.76. The fraction of sp³-hybridized carbons (Fsp3) is 0.143. The van der Waals surface area contributed by atoms with Crippen molar-refractivity contribution < 1.29 is 0 Å². The van der Waals surface area contributed by atoms with Gasteiger partial charge in [-0.3, -0.25) is 0 Å². The van der Waals surface area contributed by atoms with Crippen molar-refractivity contribution in [3.05, 3.63) is 21.7 Å². The van der Waals surface area contributed by atoms with E-state index in [1.807, 2.05) is 13.0 Å². The Labute approximate surface area is 76.4 Å². The topological polar surface area (TPSA) is 25.8 Å². The van der Waals surface area contributed by atoms with E-state index in [9.17, 15) is 0 Å². The zero-order valence-corrected chi connectivity index (χ0v) is 8.24. The molecule has 0 aliphatic rings. The summed E-state index contributed by atoms with van der Waals surface area (Å²) in [5.74, 6) is 0. The molecule has 2 heterocycles. The molecule has 2 rings (SSSR count). The van der Waals surface area contributed by atoms with Crippen LogP contribution in [-0.2, 0) is 0 Å². The minimum Gasteiger partial charge on any atom is -0.236 e. The SMILES string of the molecule is Cc1nc2nccc(Br)c2s1. The van der Waals surface area contributed by atoms with Gasteiger partial charge in [0.1, 0.15) is 0 Å². The van der Waals surface area contributed by atoms with E-state index in [1.165, 1.54) is 0 Å². The lowest BCUT2D eigenvalue weighted by Crippen LogP contribution is -1.74. The van der Waals surface area contributed by atoms with Crippen molar-refractivity contribution in [2.75, 3.05) is 0 Å². The van der Waals surface area contributed by atoms with Crippen LogP contribution >= 0.6 is 27.3 Å². The van der Waals surface area contributed by atoms with Crippen LogP contribution in [-0.4, -0.2) is 9.97 Å². The number of halogens is 1. The molecule has 11 heavy (non-hydrogen) atoms. The fourth-order valence-corrected chi connectivity index (χ4v) is 2.23. The summed E-state index contributed by atoms with van der Waals surface area (Å²) in [7, 11) is 0. The van der Waals surface area contributed by atoms with E-state index in [2.05, 4.69) is 25.9 Å². The largest absolute Gasteiger partial charge is 0.236 e. The van der Waals surface area contributed by atoms with E-state index in [-0.39, 0.29) is 0 Å². The average Bonchev–Trinajstić information content (AvgIpc) is 2.31. The molecule has 0 fully saturated rings. The number of pyridine rings is 1. The number of fused-ring (bicyclic) bond motifs is 1. The Hall–Kier alpha value is -0.480. The third-order valence-corrected chi connectivity index (χ3v) is 3.27. The number of nitrogens with zero attached hydrogens (tertiary/aromatic N) is 2. The molecule has 4 heteroatoms. The number of hydrogen-bond donors (Lipinski definition) is 0. The van der Waals surface area contributed by atoms with Crippen molar-refractivity contribution in [1.29, 1.82) is 0 Å². The minimum atomic E-state index is 0.835. The Bertz CT molecular complexity index is 396. The van der Waals surface area contributed by atoms with E-state index < -0.39 is 0 Å². The molecule has 2 aromatic rings. The summed E-state index contributed by atoms with van der Waals surface area (Å²) in [6.07, 6.45) is 1.76. The third kappa shape index (κ3) is 1.16. The molecule has 0 atom stereocenters. The maximum Gasteiger partial charge on any atom is 0.171 e. The van der Waals surface area contributed by atoms with Gasteiger partial charge in [0.25, 0.3) is 0 Å². The van der Waals surface area contributed by atoms with Crippen molar-refractivity contribution in [3.8, 4) is 0 Å². The van der Waals surface area contributed by atoms with Crippen LogP contribution in [0.4, 0.5) is 0 Å². The first kappa shape index (κ1) is 7.18. The summed E-state index contributed by atoms with van der Waals surface area (Å²) in [6.45, 7) is 1.98. The molecule has 0 radical (unpaired) electrons. The van der Waals surface area contributed by atoms with Gasteiger partial charge in [-0.1, -0.05) is 0 Å². The van der Waals surface area contributed by atoms with Crippen LogP contribution in [0.15, 0.2) is 16.7 Å². The Morgan fingerprint density at radius 2 is 2.36 bits per heavy atom. The number of hydrogen-bond acceptors (Lipinski definition) is 3. The molecular formula is C7H5BrN2S. The molecular weight excluding hydrogens is 224 g/mol. The Morgan fingerprint density at radius 1 is 1.55 bits per heavy atom. The monoisotopic (exact) mass is 228 g/mol. The highest BCUT2D eigenvalue weighted by atomic mass is 79.9. The summed E-state index contributed by atoms with van der Waals surface area (Å²) in [4.78, 5) is 8.38. The van der Waals surface area contributed by atoms with Gasteiger partial charge in [-0.05, 0) is 28.9 Å². The molecule has 0 amide bonds. The second-order valence-electron chi connectivity index (χ2n) is 2.18. The minimum absolute atomic E-state index is 0.835. The van der Waals surface area contributed by atoms with Gasteiger partial charge < -0.3 is 0 Å². The molecule has 2 aromatic heterocycles. The molecule has 0 spiro atoms. The molecule has 0 unspecified atom stereocenters. The Kier molecular flexibility index (Phi) is 1.65. The van der Waals surface area contributed by atoms with Crippen LogP contribution in [0.25, 0.3) is 10.3 Å². The predicted molar refractivity (Wildman–Crippen MR) is 49.9 cm³/mol. The number of aryl methyl sites for hydroxylation is 1. The molecule has 0 aliphatic carbocycles. The fourth-order valence-electron chi connectivity index (χ4n) is 0.908. The predicted octanol–water partition coefficient (Wildman–Crippen LogP) is 2.76. The standard InChI is InChI=1S/C7H5BrN2S/c1-4-10-7-6(11-4)5(8)2-3-9-7/h2-3H,1H3. The Balaban J connectivity index is 2.90. The number of thiazole rings is 1. The summed E-state index contributed by atoms with van der Waals surface area (Å²) in [5.41, 5.74) is 0.835. The van der Waals surface area contributed by atoms with Gasteiger partial charge in [0.2, 0.25) is 0 Å². The van der Waals surface area contributed by atoms with Gasteiger partial charge in [-0.25, -0.2) is 9.97 Å². The van der Waals surface area contributed by atoms with Crippen molar-refractivity contribution in [2.45, 2.75) is 6.92 Å². The maximum atomic E-state index is 4.25. The molecule has 0 saturated heterocycles. The van der Waals surface area contributed by atoms with Gasteiger partial charge in [-0.2, -0.15) is 0 Å². The average molecular weight is 229 g/mol. The van der Waals surface area contributed by atoms with Crippen LogP contribution in [0.5, 0.6) is 0 Å². The molecule has 0 aromatic carbocycles. The zero-order valence-electron chi connectivity index (χ0n) is 5.84. The van der Waals surface area contributed by atoms with Crippen LogP contribution in [0.3, 0.4) is 0 Å². The molecule has 56 valence electrons.